The molecule has 0 radical (unpaired) electrons. The van der Waals surface area contributed by atoms with Gasteiger partial charge in [-0.3, -0.25) is 28.8 Å². The number of thioether (sulfide) groups is 1. The van der Waals surface area contributed by atoms with Gasteiger partial charge < -0.3 is 36.7 Å². The van der Waals surface area contributed by atoms with Crippen molar-refractivity contribution >= 4 is 47.4 Å². The maximum Gasteiger partial charge on any atom is 0.306 e. The Bertz CT molecular complexity index is 1160. The van der Waals surface area contributed by atoms with Crippen molar-refractivity contribution in [1.82, 2.24) is 10.6 Å². The van der Waals surface area contributed by atoms with E-state index in [-0.39, 0.29) is 55.7 Å². The summed E-state index contributed by atoms with van der Waals surface area (Å²) in [4.78, 5) is 73.9. The second-order valence-electron chi connectivity index (χ2n) is 16.8. The number of aliphatic carboxylic acids is 1. The van der Waals surface area contributed by atoms with Gasteiger partial charge in [-0.1, -0.05) is 175 Å². The average molecular weight is 885 g/mol. The van der Waals surface area contributed by atoms with Crippen LogP contribution in [0.15, 0.2) is 0 Å². The molecule has 0 aliphatic carbocycles. The second-order valence-corrected chi connectivity index (χ2v) is 17.9. The molecule has 13 nitrogen and oxygen atoms in total. The fraction of sp³-hybridized carbons (Fsp3) is 0.872. The van der Waals surface area contributed by atoms with Gasteiger partial charge in [-0.15, -0.1) is 0 Å². The predicted molar refractivity (Wildman–Crippen MR) is 247 cm³/mol. The monoisotopic (exact) mass is 885 g/mol. The SMILES string of the molecule is CCCCCCCCCCCCCCCC(=O)OC[C@H](CSC[C@H](N)C(=O)N[C@@H](CC)C(=O)N[C@H](CCC(=O)O)C(N)=O)OC(=O)CCCCCCCCCCCCCCC. The van der Waals surface area contributed by atoms with Crippen LogP contribution in [0.5, 0.6) is 0 Å². The van der Waals surface area contributed by atoms with E-state index in [4.69, 9.17) is 26.0 Å². The van der Waals surface area contributed by atoms with Gasteiger partial charge in [0, 0.05) is 30.8 Å². The Hall–Kier alpha value is -2.87. The number of carboxylic acid groups (broad SMARTS) is 1. The van der Waals surface area contributed by atoms with Crippen molar-refractivity contribution in [1.29, 1.82) is 0 Å². The Morgan fingerprint density at radius 2 is 0.951 bits per heavy atom. The maximum atomic E-state index is 12.9. The van der Waals surface area contributed by atoms with Gasteiger partial charge >= 0.3 is 17.9 Å². The Balaban J connectivity index is 4.83. The normalized spacial score (nSPS) is 13.2. The van der Waals surface area contributed by atoms with Crippen LogP contribution in [0.3, 0.4) is 0 Å². The summed E-state index contributed by atoms with van der Waals surface area (Å²) in [7, 11) is 0. The summed E-state index contributed by atoms with van der Waals surface area (Å²) < 4.78 is 11.3. The van der Waals surface area contributed by atoms with E-state index in [0.717, 1.165) is 44.9 Å². The van der Waals surface area contributed by atoms with Crippen LogP contribution in [-0.4, -0.2) is 83.1 Å². The minimum atomic E-state index is -1.20. The van der Waals surface area contributed by atoms with E-state index < -0.39 is 47.9 Å². The average Bonchev–Trinajstić information content (AvgIpc) is 3.23. The first kappa shape index (κ1) is 58.1. The molecule has 0 rings (SSSR count). The third-order valence-corrected chi connectivity index (χ3v) is 12.2. The minimum Gasteiger partial charge on any atom is -0.481 e. The van der Waals surface area contributed by atoms with Crippen molar-refractivity contribution in [2.45, 2.75) is 244 Å². The zero-order valence-corrected chi connectivity index (χ0v) is 39.4. The Morgan fingerprint density at radius 1 is 0.541 bits per heavy atom. The van der Waals surface area contributed by atoms with Crippen LogP contribution in [0, 0.1) is 0 Å². The second kappa shape index (κ2) is 41.2. The molecule has 0 spiro atoms. The zero-order valence-electron chi connectivity index (χ0n) is 38.6. The number of unbranched alkanes of at least 4 members (excludes halogenated alkanes) is 24. The van der Waals surface area contributed by atoms with Gasteiger partial charge in [0.2, 0.25) is 17.7 Å². The van der Waals surface area contributed by atoms with E-state index in [1.165, 1.54) is 134 Å². The molecule has 14 heteroatoms. The van der Waals surface area contributed by atoms with Gasteiger partial charge in [-0.2, -0.15) is 11.8 Å². The molecule has 0 aromatic carbocycles. The minimum absolute atomic E-state index is 0.0863. The lowest BCUT2D eigenvalue weighted by molar-refractivity contribution is -0.157. The number of rotatable bonds is 44. The van der Waals surface area contributed by atoms with E-state index in [9.17, 15) is 28.8 Å². The van der Waals surface area contributed by atoms with Gasteiger partial charge in [0.05, 0.1) is 6.04 Å². The van der Waals surface area contributed by atoms with Crippen LogP contribution in [0.25, 0.3) is 0 Å². The third-order valence-electron chi connectivity index (χ3n) is 11.0. The quantitative estimate of drug-likeness (QED) is 0.0287. The molecule has 0 saturated carbocycles. The molecule has 0 aromatic rings. The van der Waals surface area contributed by atoms with Crippen molar-refractivity contribution in [3.05, 3.63) is 0 Å². The van der Waals surface area contributed by atoms with Gasteiger partial charge in [0.25, 0.3) is 0 Å². The molecule has 4 atom stereocenters. The summed E-state index contributed by atoms with van der Waals surface area (Å²) in [5.41, 5.74) is 11.5. The molecule has 3 amide bonds. The number of carbonyl (C=O) groups excluding carboxylic acids is 5. The van der Waals surface area contributed by atoms with Crippen LogP contribution in [0.4, 0.5) is 0 Å². The molecule has 0 fully saturated rings. The fourth-order valence-corrected chi connectivity index (χ4v) is 8.02. The number of hydrogen-bond acceptors (Lipinski definition) is 10. The van der Waals surface area contributed by atoms with E-state index in [2.05, 4.69) is 24.5 Å². The lowest BCUT2D eigenvalue weighted by Gasteiger charge is -2.22. The summed E-state index contributed by atoms with van der Waals surface area (Å²) in [6, 6.07) is -3.25. The van der Waals surface area contributed by atoms with Gasteiger partial charge in [0.15, 0.2) is 0 Å². The number of esters is 2. The smallest absolute Gasteiger partial charge is 0.306 e. The van der Waals surface area contributed by atoms with Crippen molar-refractivity contribution in [3.63, 3.8) is 0 Å². The molecule has 7 N–H and O–H groups in total. The van der Waals surface area contributed by atoms with Crippen molar-refractivity contribution in [3.8, 4) is 0 Å². The highest BCUT2D eigenvalue weighted by Gasteiger charge is 2.27. The van der Waals surface area contributed by atoms with Crippen LogP contribution in [0.2, 0.25) is 0 Å². The molecule has 0 saturated heterocycles. The predicted octanol–water partition coefficient (Wildman–Crippen LogP) is 9.19. The van der Waals surface area contributed by atoms with Crippen LogP contribution in [-0.2, 0) is 38.2 Å². The van der Waals surface area contributed by atoms with Crippen molar-refractivity contribution < 1.29 is 43.3 Å². The maximum absolute atomic E-state index is 12.9. The first-order chi connectivity index (χ1) is 29.4. The fourth-order valence-electron chi connectivity index (χ4n) is 7.05. The highest BCUT2D eigenvalue weighted by Crippen LogP contribution is 2.16. The van der Waals surface area contributed by atoms with Crippen molar-refractivity contribution in [2.75, 3.05) is 18.1 Å². The first-order valence-electron chi connectivity index (χ1n) is 24.2. The Morgan fingerprint density at radius 3 is 1.36 bits per heavy atom. The zero-order chi connectivity index (χ0) is 45.4. The molecule has 0 unspecified atom stereocenters. The molecule has 61 heavy (non-hydrogen) atoms. The number of carboxylic acids is 1. The van der Waals surface area contributed by atoms with E-state index in [1.54, 1.807) is 6.92 Å². The summed E-state index contributed by atoms with van der Waals surface area (Å²) in [5, 5.41) is 13.9. The molecule has 0 aliphatic heterocycles. The van der Waals surface area contributed by atoms with Crippen LogP contribution < -0.4 is 22.1 Å². The molecular formula is C47H88N4O9S. The summed E-state index contributed by atoms with van der Waals surface area (Å²) >= 11 is 1.27. The highest BCUT2D eigenvalue weighted by molar-refractivity contribution is 7.99. The summed E-state index contributed by atoms with van der Waals surface area (Å²) in [6.45, 7) is 6.06. The Labute approximate surface area is 373 Å². The van der Waals surface area contributed by atoms with E-state index >= 15 is 0 Å². The topological polar surface area (TPSA) is 217 Å². The number of carbonyl (C=O) groups is 6. The number of hydrogen-bond donors (Lipinski definition) is 5. The van der Waals surface area contributed by atoms with Gasteiger partial charge in [0.1, 0.15) is 24.8 Å². The number of ether oxygens (including phenoxy) is 2. The lowest BCUT2D eigenvalue weighted by atomic mass is 10.0. The molecular weight excluding hydrogens is 797 g/mol. The largest absolute Gasteiger partial charge is 0.481 e. The van der Waals surface area contributed by atoms with E-state index in [0.29, 0.717) is 6.42 Å². The lowest BCUT2D eigenvalue weighted by Crippen LogP contribution is -2.55. The van der Waals surface area contributed by atoms with E-state index in [1.807, 2.05) is 0 Å². The molecule has 0 bridgehead atoms. The molecule has 0 heterocycles. The molecule has 356 valence electrons. The van der Waals surface area contributed by atoms with Gasteiger partial charge in [-0.05, 0) is 25.7 Å². The molecule has 0 aliphatic rings. The van der Waals surface area contributed by atoms with Crippen LogP contribution in [0.1, 0.15) is 220 Å². The number of nitrogens with one attached hydrogen (secondary N) is 2. The van der Waals surface area contributed by atoms with Gasteiger partial charge in [-0.25, -0.2) is 0 Å². The van der Waals surface area contributed by atoms with Crippen molar-refractivity contribution in [2.24, 2.45) is 11.5 Å². The number of primary amides is 1. The molecule has 0 aromatic heterocycles. The Kier molecular flexibility index (Phi) is 39.2. The van der Waals surface area contributed by atoms with Crippen LogP contribution >= 0.6 is 11.8 Å². The first-order valence-corrected chi connectivity index (χ1v) is 25.4. The highest BCUT2D eigenvalue weighted by atomic mass is 32.2. The summed E-state index contributed by atoms with van der Waals surface area (Å²) in [6.07, 6.45) is 31.0. The number of nitrogens with two attached hydrogens (primary N) is 2. The standard InChI is InChI=1S/C47H88N4O9S/c1-4-7-9-11-13-15-17-19-21-23-25-27-29-31-43(54)59-35-38(60-44(55)32-30-28-26-24-22-20-18-16-14-12-10-8-5-2)36-61-37-39(48)46(57)50-40(6-3)47(58)51-41(45(49)56)33-34-42(52)53/h38-41H,4-37,48H2,1-3H3,(H2,49,56)(H,50,57)(H,51,58)(H,52,53)/t38-,39+,40+,41-/m1/s1. The third kappa shape index (κ3) is 36.3. The summed E-state index contributed by atoms with van der Waals surface area (Å²) in [5.74, 6) is -3.60. The number of amides is 3.